The molecule has 0 aromatic rings. The second kappa shape index (κ2) is 12.8. The fourth-order valence-corrected chi connectivity index (χ4v) is 7.76. The molecule has 0 heterocycles. The lowest BCUT2D eigenvalue weighted by Gasteiger charge is -2.41. The lowest BCUT2D eigenvalue weighted by atomic mass is 9.49. The van der Waals surface area contributed by atoms with Crippen molar-refractivity contribution in [2.45, 2.75) is 118 Å². The van der Waals surface area contributed by atoms with Gasteiger partial charge < -0.3 is 4.65 Å². The Hall–Kier alpha value is 0.245. The van der Waals surface area contributed by atoms with Crippen LogP contribution in [0.4, 0.5) is 0 Å². The van der Waals surface area contributed by atoms with Gasteiger partial charge in [-0.1, -0.05) is 98.5 Å². The van der Waals surface area contributed by atoms with E-state index in [0.717, 1.165) is 52.4 Å². The van der Waals surface area contributed by atoms with E-state index in [2.05, 4.69) is 62.3 Å². The van der Waals surface area contributed by atoms with Gasteiger partial charge in [0, 0.05) is 4.75 Å². The van der Waals surface area contributed by atoms with Gasteiger partial charge in [-0.3, -0.25) is 0 Å². The minimum Gasteiger partial charge on any atom is -0.556 e. The van der Waals surface area contributed by atoms with Crippen LogP contribution in [0.2, 0.25) is 12.6 Å². The largest absolute Gasteiger partial charge is 0.556 e. The Morgan fingerprint density at radius 2 is 1.34 bits per heavy atom. The number of halogens is 1. The highest BCUT2D eigenvalue weighted by Crippen LogP contribution is 2.45. The highest BCUT2D eigenvalue weighted by atomic mass is 35.5. The van der Waals surface area contributed by atoms with Crippen molar-refractivity contribution >= 4 is 30.3 Å². The molecule has 2 fully saturated rings. The molecule has 0 unspecified atom stereocenters. The monoisotopic (exact) mass is 482 g/mol. The van der Waals surface area contributed by atoms with Crippen LogP contribution < -0.4 is 0 Å². The second-order valence-corrected chi connectivity index (χ2v) is 15.1. The maximum atomic E-state index is 6.80. The highest BCUT2D eigenvalue weighted by molar-refractivity contribution is 8.04. The lowest BCUT2D eigenvalue weighted by molar-refractivity contribution is 0.146. The van der Waals surface area contributed by atoms with Gasteiger partial charge in [-0.05, 0) is 85.7 Å². The average Bonchev–Trinajstić information content (AvgIpc) is 2.65. The summed E-state index contributed by atoms with van der Waals surface area (Å²) in [4.78, 5) is 0. The summed E-state index contributed by atoms with van der Waals surface area (Å²) in [6.07, 6.45) is 10.7. The van der Waals surface area contributed by atoms with E-state index in [9.17, 15) is 0 Å². The smallest absolute Gasteiger partial charge is 0.359 e. The van der Waals surface area contributed by atoms with Gasteiger partial charge in [0.15, 0.2) is 0 Å². The van der Waals surface area contributed by atoms with Crippen LogP contribution in [-0.4, -0.2) is 11.7 Å². The molecule has 2 aliphatic rings. The van der Waals surface area contributed by atoms with Gasteiger partial charge in [0.2, 0.25) is 0 Å². The van der Waals surface area contributed by atoms with Gasteiger partial charge in [0.05, 0.1) is 5.54 Å². The zero-order valence-electron chi connectivity index (χ0n) is 22.6. The molecule has 0 amide bonds. The second-order valence-electron chi connectivity index (χ2n) is 13.0. The molecule has 2 aliphatic carbocycles. The topological polar surface area (TPSA) is 9.23 Å². The molecule has 4 heteroatoms. The number of hydrogen-bond acceptors (Lipinski definition) is 2. The van der Waals surface area contributed by atoms with Crippen molar-refractivity contribution in [3.05, 3.63) is 10.6 Å². The molecule has 0 spiro atoms. The van der Waals surface area contributed by atoms with Crippen LogP contribution in [0.5, 0.6) is 0 Å². The molecular formula is C28H52BClOS. The Balaban J connectivity index is 2.23. The minimum atomic E-state index is 0.102. The maximum Gasteiger partial charge on any atom is 0.359 e. The van der Waals surface area contributed by atoms with Gasteiger partial charge in [0.25, 0.3) is 0 Å². The predicted molar refractivity (Wildman–Crippen MR) is 147 cm³/mol. The third-order valence-electron chi connectivity index (χ3n) is 8.23. The fraction of sp³-hybridized carbons (Fsp3) is 0.929. The van der Waals surface area contributed by atoms with Crippen molar-refractivity contribution in [3.63, 3.8) is 0 Å². The van der Waals surface area contributed by atoms with Crippen LogP contribution in [0.3, 0.4) is 0 Å². The molecule has 0 N–H and O–H groups in total. The molecule has 0 aromatic carbocycles. The van der Waals surface area contributed by atoms with Crippen molar-refractivity contribution in [3.8, 4) is 0 Å². The summed E-state index contributed by atoms with van der Waals surface area (Å²) >= 11 is 8.08. The first-order valence-electron chi connectivity index (χ1n) is 13.6. The van der Waals surface area contributed by atoms with Gasteiger partial charge in [0.1, 0.15) is 5.09 Å². The van der Waals surface area contributed by atoms with Crippen molar-refractivity contribution in [2.75, 3.05) is 0 Å². The molecule has 0 saturated heterocycles. The van der Waals surface area contributed by atoms with Crippen molar-refractivity contribution < 1.29 is 4.65 Å². The van der Waals surface area contributed by atoms with Crippen molar-refractivity contribution in [2.24, 2.45) is 47.3 Å². The Morgan fingerprint density at radius 1 is 0.906 bits per heavy atom. The summed E-state index contributed by atoms with van der Waals surface area (Å²) in [5.74, 6) is 6.44. The van der Waals surface area contributed by atoms with Crippen molar-refractivity contribution in [1.29, 1.82) is 0 Å². The fourth-order valence-electron chi connectivity index (χ4n) is 6.75. The molecule has 0 bridgehead atoms. The SMILES string of the molecule is CC(C)[C@H]1CC[C@H](C)C[C@H]1CB(C[C@@H]1C[C@@H](C)CC[C@@H]1C(C)C)O/C(=C/Cl)SC(C)(C)C. The summed E-state index contributed by atoms with van der Waals surface area (Å²) < 4.78 is 6.90. The normalized spacial score (nSPS) is 32.4. The van der Waals surface area contributed by atoms with E-state index in [1.54, 1.807) is 17.3 Å². The van der Waals surface area contributed by atoms with E-state index < -0.39 is 0 Å². The maximum absolute atomic E-state index is 6.80. The van der Waals surface area contributed by atoms with E-state index in [0.29, 0.717) is 0 Å². The quantitative estimate of drug-likeness (QED) is 0.239. The highest BCUT2D eigenvalue weighted by Gasteiger charge is 2.39. The standard InChI is InChI=1S/C28H52BClOS/c1-19(2)25-12-10-21(5)14-23(25)16-29(31-27(18-30)32-28(7,8)9)17-24-15-22(6)11-13-26(24)20(3)4/h18-26H,10-17H2,1-9H3/b27-18-/t21-,22-,23-,24-,25+,26+/m0/s1. The van der Waals surface area contributed by atoms with E-state index in [4.69, 9.17) is 16.3 Å². The summed E-state index contributed by atoms with van der Waals surface area (Å²) in [7, 11) is 0. The molecule has 2 rings (SSSR count). The zero-order chi connectivity index (χ0) is 24.1. The Labute approximate surface area is 210 Å². The summed E-state index contributed by atoms with van der Waals surface area (Å²) in [5.41, 5.74) is 1.69. The van der Waals surface area contributed by atoms with Gasteiger partial charge in [-0.2, -0.15) is 0 Å². The van der Waals surface area contributed by atoms with Crippen LogP contribution in [0.1, 0.15) is 101 Å². The Kier molecular flexibility index (Phi) is 11.4. The first kappa shape index (κ1) is 28.5. The van der Waals surface area contributed by atoms with Gasteiger partial charge >= 0.3 is 6.92 Å². The predicted octanol–water partition coefficient (Wildman–Crippen LogP) is 9.98. The number of hydrogen-bond donors (Lipinski definition) is 0. The van der Waals surface area contributed by atoms with Crippen LogP contribution in [0.15, 0.2) is 10.6 Å². The first-order chi connectivity index (χ1) is 14.9. The average molecular weight is 483 g/mol. The molecule has 2 saturated carbocycles. The van der Waals surface area contributed by atoms with E-state index in [-0.39, 0.29) is 11.7 Å². The van der Waals surface area contributed by atoms with Crippen LogP contribution in [0.25, 0.3) is 0 Å². The van der Waals surface area contributed by atoms with E-state index >= 15 is 0 Å². The Morgan fingerprint density at radius 3 is 1.69 bits per heavy atom. The molecule has 0 aliphatic heterocycles. The third-order valence-corrected chi connectivity index (χ3v) is 9.58. The summed E-state index contributed by atoms with van der Waals surface area (Å²) in [5, 5.41) is 0.916. The molecular weight excluding hydrogens is 431 g/mol. The lowest BCUT2D eigenvalue weighted by Crippen LogP contribution is -2.36. The molecule has 32 heavy (non-hydrogen) atoms. The summed E-state index contributed by atoms with van der Waals surface area (Å²) in [6.45, 7) is 21.6. The zero-order valence-corrected chi connectivity index (χ0v) is 24.2. The van der Waals surface area contributed by atoms with Gasteiger partial charge in [-0.25, -0.2) is 0 Å². The Bertz CT molecular complexity index is 550. The van der Waals surface area contributed by atoms with Gasteiger partial charge in [-0.15, -0.1) is 0 Å². The van der Waals surface area contributed by atoms with E-state index in [1.807, 2.05) is 0 Å². The minimum absolute atomic E-state index is 0.102. The van der Waals surface area contributed by atoms with Crippen LogP contribution >= 0.6 is 23.4 Å². The molecule has 1 nitrogen and oxygen atoms in total. The van der Waals surface area contributed by atoms with Crippen LogP contribution in [0, 0.1) is 47.3 Å². The van der Waals surface area contributed by atoms with Crippen LogP contribution in [-0.2, 0) is 4.65 Å². The molecule has 186 valence electrons. The summed E-state index contributed by atoms with van der Waals surface area (Å²) in [6, 6.07) is 0. The molecule has 0 radical (unpaired) electrons. The number of thioether (sulfide) groups is 1. The number of rotatable bonds is 9. The molecule has 0 aromatic heterocycles. The molecule has 6 atom stereocenters. The van der Waals surface area contributed by atoms with Crippen molar-refractivity contribution in [1.82, 2.24) is 0 Å². The van der Waals surface area contributed by atoms with E-state index in [1.165, 1.54) is 51.2 Å². The first-order valence-corrected chi connectivity index (χ1v) is 14.8. The third kappa shape index (κ3) is 9.12.